The molecule has 0 bridgehead atoms. The van der Waals surface area contributed by atoms with E-state index < -0.39 is 0 Å². The molecule has 0 aromatic heterocycles. The average molecular weight is 258 g/mol. The summed E-state index contributed by atoms with van der Waals surface area (Å²) in [5.74, 6) is 0. The maximum Gasteiger partial charge on any atom is 0.152 e. The molecular weight excluding hydrogens is 236 g/mol. The Morgan fingerprint density at radius 1 is 1.21 bits per heavy atom. The van der Waals surface area contributed by atoms with Crippen molar-refractivity contribution < 1.29 is 4.79 Å². The first-order valence-corrected chi connectivity index (χ1v) is 7.33. The molecule has 0 N–H and O–H groups in total. The Bertz CT molecular complexity index is 472. The number of aldehydes is 1. The number of anilines is 1. The Labute approximate surface area is 115 Å². The molecule has 1 aromatic carbocycles. The van der Waals surface area contributed by atoms with Crippen molar-refractivity contribution in [2.75, 3.05) is 31.1 Å². The number of piperidine rings is 1. The molecule has 0 amide bonds. The lowest BCUT2D eigenvalue weighted by atomic mass is 9.98. The number of hydrogen-bond acceptors (Lipinski definition) is 3. The minimum Gasteiger partial charge on any atom is -0.368 e. The van der Waals surface area contributed by atoms with Gasteiger partial charge >= 0.3 is 0 Å². The van der Waals surface area contributed by atoms with Crippen molar-refractivity contribution >= 4 is 12.0 Å². The summed E-state index contributed by atoms with van der Waals surface area (Å²) in [7, 11) is 0. The van der Waals surface area contributed by atoms with Gasteiger partial charge in [-0.15, -0.1) is 0 Å². The number of piperazine rings is 1. The van der Waals surface area contributed by atoms with E-state index in [4.69, 9.17) is 0 Å². The van der Waals surface area contributed by atoms with E-state index in [1.165, 1.54) is 25.8 Å². The van der Waals surface area contributed by atoms with Crippen LogP contribution in [0.3, 0.4) is 0 Å². The highest BCUT2D eigenvalue weighted by Gasteiger charge is 2.29. The Morgan fingerprint density at radius 2 is 2.11 bits per heavy atom. The predicted octanol–water partition coefficient (Wildman–Crippen LogP) is 2.48. The van der Waals surface area contributed by atoms with Crippen LogP contribution < -0.4 is 4.90 Å². The van der Waals surface area contributed by atoms with Crippen LogP contribution in [0.1, 0.15) is 35.2 Å². The summed E-state index contributed by atoms with van der Waals surface area (Å²) in [4.78, 5) is 16.3. The summed E-state index contributed by atoms with van der Waals surface area (Å²) >= 11 is 0. The van der Waals surface area contributed by atoms with Gasteiger partial charge in [-0.1, -0.05) is 18.1 Å². The first-order valence-electron chi connectivity index (χ1n) is 7.33. The average Bonchev–Trinajstić information content (AvgIpc) is 2.46. The van der Waals surface area contributed by atoms with E-state index in [-0.39, 0.29) is 0 Å². The summed E-state index contributed by atoms with van der Waals surface area (Å²) < 4.78 is 0. The van der Waals surface area contributed by atoms with Gasteiger partial charge < -0.3 is 4.90 Å². The van der Waals surface area contributed by atoms with E-state index in [0.29, 0.717) is 6.04 Å². The van der Waals surface area contributed by atoms with Crippen molar-refractivity contribution in [2.24, 2.45) is 0 Å². The second-order valence-corrected chi connectivity index (χ2v) is 5.81. The highest BCUT2D eigenvalue weighted by Crippen LogP contribution is 2.27. The van der Waals surface area contributed by atoms with E-state index in [9.17, 15) is 4.79 Å². The third-order valence-corrected chi connectivity index (χ3v) is 4.49. The van der Waals surface area contributed by atoms with E-state index in [2.05, 4.69) is 21.9 Å². The van der Waals surface area contributed by atoms with Crippen LogP contribution in [0.15, 0.2) is 18.2 Å². The van der Waals surface area contributed by atoms with Crippen molar-refractivity contribution in [3.63, 3.8) is 0 Å². The fourth-order valence-corrected chi connectivity index (χ4v) is 3.43. The van der Waals surface area contributed by atoms with Crippen molar-refractivity contribution in [2.45, 2.75) is 32.2 Å². The molecule has 3 heteroatoms. The predicted molar refractivity (Wildman–Crippen MR) is 78.0 cm³/mol. The molecule has 0 aliphatic carbocycles. The molecule has 0 saturated carbocycles. The van der Waals surface area contributed by atoms with Crippen LogP contribution in [0, 0.1) is 6.92 Å². The topological polar surface area (TPSA) is 23.6 Å². The van der Waals surface area contributed by atoms with Crippen LogP contribution in [0.5, 0.6) is 0 Å². The zero-order chi connectivity index (χ0) is 13.2. The molecule has 2 fully saturated rings. The molecule has 2 saturated heterocycles. The maximum absolute atomic E-state index is 11.3. The SMILES string of the molecule is Cc1ccc(N2CCN3CCCCC3C2)c(C=O)c1. The third-order valence-electron chi connectivity index (χ3n) is 4.49. The van der Waals surface area contributed by atoms with Gasteiger partial charge in [0, 0.05) is 36.9 Å². The molecule has 19 heavy (non-hydrogen) atoms. The molecule has 3 nitrogen and oxygen atoms in total. The molecule has 0 spiro atoms. The van der Waals surface area contributed by atoms with Gasteiger partial charge in [-0.2, -0.15) is 0 Å². The molecule has 3 rings (SSSR count). The second kappa shape index (κ2) is 5.33. The molecule has 0 radical (unpaired) electrons. The van der Waals surface area contributed by atoms with Crippen molar-refractivity contribution in [1.29, 1.82) is 0 Å². The fraction of sp³-hybridized carbons (Fsp3) is 0.562. The molecule has 102 valence electrons. The lowest BCUT2D eigenvalue weighted by molar-refractivity contribution is 0.112. The number of aryl methyl sites for hydroxylation is 1. The van der Waals surface area contributed by atoms with Crippen LogP contribution in [0.2, 0.25) is 0 Å². The summed E-state index contributed by atoms with van der Waals surface area (Å²) in [6.45, 7) is 6.55. The van der Waals surface area contributed by atoms with Crippen LogP contribution in [-0.4, -0.2) is 43.4 Å². The first-order chi connectivity index (χ1) is 9.28. The van der Waals surface area contributed by atoms with Crippen molar-refractivity contribution in [3.8, 4) is 0 Å². The zero-order valence-corrected chi connectivity index (χ0v) is 11.6. The van der Waals surface area contributed by atoms with E-state index in [1.807, 2.05) is 13.0 Å². The first kappa shape index (κ1) is 12.7. The lowest BCUT2D eigenvalue weighted by Gasteiger charge is -2.45. The summed E-state index contributed by atoms with van der Waals surface area (Å²) in [6, 6.07) is 6.89. The van der Waals surface area contributed by atoms with E-state index >= 15 is 0 Å². The number of carbonyl (C=O) groups excluding carboxylic acids is 1. The minimum atomic E-state index is 0.684. The van der Waals surface area contributed by atoms with Gasteiger partial charge in [-0.05, 0) is 38.4 Å². The minimum absolute atomic E-state index is 0.684. The van der Waals surface area contributed by atoms with E-state index in [0.717, 1.165) is 42.7 Å². The molecule has 2 aliphatic heterocycles. The number of nitrogens with zero attached hydrogens (tertiary/aromatic N) is 2. The molecule has 1 unspecified atom stereocenters. The van der Waals surface area contributed by atoms with Crippen molar-refractivity contribution in [1.82, 2.24) is 4.90 Å². The second-order valence-electron chi connectivity index (χ2n) is 5.81. The number of carbonyl (C=O) groups is 1. The Morgan fingerprint density at radius 3 is 2.95 bits per heavy atom. The van der Waals surface area contributed by atoms with Gasteiger partial charge in [-0.25, -0.2) is 0 Å². The monoisotopic (exact) mass is 258 g/mol. The molecule has 2 aliphatic rings. The zero-order valence-electron chi connectivity index (χ0n) is 11.6. The quantitative estimate of drug-likeness (QED) is 0.761. The number of fused-ring (bicyclic) bond motifs is 1. The van der Waals surface area contributed by atoms with E-state index in [1.54, 1.807) is 0 Å². The molecule has 1 aromatic rings. The summed E-state index contributed by atoms with van der Waals surface area (Å²) in [5, 5.41) is 0. The number of hydrogen-bond donors (Lipinski definition) is 0. The Balaban J connectivity index is 1.81. The highest BCUT2D eigenvalue weighted by molar-refractivity contribution is 5.85. The largest absolute Gasteiger partial charge is 0.368 e. The Kier molecular flexibility index (Phi) is 3.56. The van der Waals surface area contributed by atoms with Gasteiger partial charge in [0.1, 0.15) is 0 Å². The van der Waals surface area contributed by atoms with Gasteiger partial charge in [0.2, 0.25) is 0 Å². The van der Waals surface area contributed by atoms with Gasteiger partial charge in [0.15, 0.2) is 6.29 Å². The van der Waals surface area contributed by atoms with Gasteiger partial charge in [0.25, 0.3) is 0 Å². The number of benzene rings is 1. The van der Waals surface area contributed by atoms with Crippen LogP contribution in [0.25, 0.3) is 0 Å². The van der Waals surface area contributed by atoms with Crippen LogP contribution in [0.4, 0.5) is 5.69 Å². The van der Waals surface area contributed by atoms with Crippen LogP contribution >= 0.6 is 0 Å². The summed E-state index contributed by atoms with van der Waals surface area (Å²) in [6.07, 6.45) is 5.00. The fourth-order valence-electron chi connectivity index (χ4n) is 3.43. The maximum atomic E-state index is 11.3. The van der Waals surface area contributed by atoms with Crippen LogP contribution in [-0.2, 0) is 0 Å². The standard InChI is InChI=1S/C16H22N2O/c1-13-5-6-16(14(10-13)12-19)18-9-8-17-7-3-2-4-15(17)11-18/h5-6,10,12,15H,2-4,7-9,11H2,1H3. The lowest BCUT2D eigenvalue weighted by Crippen LogP contribution is -2.55. The normalized spacial score (nSPS) is 24.1. The number of rotatable bonds is 2. The highest BCUT2D eigenvalue weighted by atomic mass is 16.1. The third kappa shape index (κ3) is 2.52. The molecule has 1 atom stereocenters. The molecule has 2 heterocycles. The Hall–Kier alpha value is -1.35. The summed E-state index contributed by atoms with van der Waals surface area (Å²) in [5.41, 5.74) is 3.11. The van der Waals surface area contributed by atoms with Gasteiger partial charge in [-0.3, -0.25) is 9.69 Å². The smallest absolute Gasteiger partial charge is 0.152 e. The van der Waals surface area contributed by atoms with Crippen molar-refractivity contribution in [3.05, 3.63) is 29.3 Å². The molecular formula is C16H22N2O. The van der Waals surface area contributed by atoms with Gasteiger partial charge in [0.05, 0.1) is 0 Å².